The molecule has 0 aromatic rings. The molecule has 4 nitrogen and oxygen atoms in total. The maximum absolute atomic E-state index is 8.85. The molecule has 0 aliphatic heterocycles. The molecule has 0 aromatic carbocycles. The van der Waals surface area contributed by atoms with E-state index < -0.39 is 0 Å². The fourth-order valence-electron chi connectivity index (χ4n) is 0.457. The zero-order chi connectivity index (χ0) is 9.45. The van der Waals surface area contributed by atoms with Crippen LogP contribution in [-0.2, 0) is 9.41 Å². The Morgan fingerprint density at radius 3 is 2.67 bits per heavy atom. The van der Waals surface area contributed by atoms with Crippen LogP contribution < -0.4 is 5.48 Å². The standard InChI is InChI=1S/C7H17BNO3/c1-4-9-12-8-11-6-7(2,3)5-10/h9-10H,4-6H2,1-3H3. The van der Waals surface area contributed by atoms with Crippen LogP contribution in [0.15, 0.2) is 0 Å². The fraction of sp³-hybridized carbons (Fsp3) is 1.00. The summed E-state index contributed by atoms with van der Waals surface area (Å²) < 4.78 is 9.77. The molecule has 71 valence electrons. The minimum Gasteiger partial charge on any atom is -0.412 e. The molecule has 0 saturated heterocycles. The molecule has 0 aliphatic rings. The topological polar surface area (TPSA) is 50.7 Å². The predicted octanol–water partition coefficient (Wildman–Crippen LogP) is 0.0968. The van der Waals surface area contributed by atoms with Crippen LogP contribution in [0.5, 0.6) is 0 Å². The normalized spacial score (nSPS) is 11.7. The van der Waals surface area contributed by atoms with Gasteiger partial charge in [0, 0.05) is 18.6 Å². The van der Waals surface area contributed by atoms with Gasteiger partial charge in [0.15, 0.2) is 0 Å². The van der Waals surface area contributed by atoms with Crippen molar-refractivity contribution in [1.29, 1.82) is 0 Å². The molecule has 0 amide bonds. The van der Waals surface area contributed by atoms with Gasteiger partial charge in [-0.05, 0) is 0 Å². The third-order valence-electron chi connectivity index (χ3n) is 1.25. The van der Waals surface area contributed by atoms with Gasteiger partial charge in [0.05, 0.1) is 6.61 Å². The summed E-state index contributed by atoms with van der Waals surface area (Å²) in [6, 6.07) is 0. The molecule has 0 aliphatic carbocycles. The number of hydroxylamine groups is 1. The van der Waals surface area contributed by atoms with E-state index in [9.17, 15) is 0 Å². The van der Waals surface area contributed by atoms with Gasteiger partial charge in [-0.2, -0.15) is 0 Å². The Balaban J connectivity index is 3.19. The molecule has 0 saturated carbocycles. The molecule has 0 atom stereocenters. The van der Waals surface area contributed by atoms with Crippen LogP contribution in [-0.4, -0.2) is 32.6 Å². The van der Waals surface area contributed by atoms with Gasteiger partial charge < -0.3 is 14.5 Å². The highest BCUT2D eigenvalue weighted by molar-refractivity contribution is 6.17. The summed E-state index contributed by atoms with van der Waals surface area (Å²) in [5, 5.41) is 8.85. The van der Waals surface area contributed by atoms with Crippen LogP contribution in [0.4, 0.5) is 0 Å². The van der Waals surface area contributed by atoms with Gasteiger partial charge in [-0.25, -0.2) is 5.48 Å². The first-order valence-corrected chi connectivity index (χ1v) is 4.05. The summed E-state index contributed by atoms with van der Waals surface area (Å²) in [4.78, 5) is 0. The van der Waals surface area contributed by atoms with E-state index in [1.165, 1.54) is 7.69 Å². The minimum atomic E-state index is -0.216. The number of aliphatic hydroxyl groups excluding tert-OH is 1. The first-order chi connectivity index (χ1) is 5.62. The number of nitrogens with one attached hydrogen (secondary N) is 1. The van der Waals surface area contributed by atoms with Crippen molar-refractivity contribution in [2.24, 2.45) is 5.41 Å². The van der Waals surface area contributed by atoms with Gasteiger partial charge in [-0.1, -0.05) is 20.8 Å². The quantitative estimate of drug-likeness (QED) is 0.326. The minimum absolute atomic E-state index is 0.0993. The summed E-state index contributed by atoms with van der Waals surface area (Å²) in [7, 11) is 1.24. The lowest BCUT2D eigenvalue weighted by atomic mass is 9.96. The predicted molar refractivity (Wildman–Crippen MR) is 47.3 cm³/mol. The van der Waals surface area contributed by atoms with Crippen molar-refractivity contribution in [3.05, 3.63) is 0 Å². The first kappa shape index (κ1) is 11.9. The van der Waals surface area contributed by atoms with Crippen molar-refractivity contribution in [2.75, 3.05) is 19.8 Å². The average Bonchev–Trinajstić information content (AvgIpc) is 2.04. The van der Waals surface area contributed by atoms with Crippen molar-refractivity contribution in [2.45, 2.75) is 20.8 Å². The van der Waals surface area contributed by atoms with Gasteiger partial charge in [-0.15, -0.1) is 0 Å². The molecule has 0 bridgehead atoms. The summed E-state index contributed by atoms with van der Waals surface area (Å²) in [6.07, 6.45) is 0. The molecule has 0 fully saturated rings. The van der Waals surface area contributed by atoms with E-state index in [1.54, 1.807) is 0 Å². The molecule has 5 heteroatoms. The number of aliphatic hydroxyl groups is 1. The van der Waals surface area contributed by atoms with E-state index in [0.717, 1.165) is 6.54 Å². The van der Waals surface area contributed by atoms with E-state index >= 15 is 0 Å². The van der Waals surface area contributed by atoms with Gasteiger partial charge >= 0.3 is 7.69 Å². The van der Waals surface area contributed by atoms with Gasteiger partial charge in [0.25, 0.3) is 0 Å². The van der Waals surface area contributed by atoms with Crippen LogP contribution in [0.1, 0.15) is 20.8 Å². The maximum atomic E-state index is 8.85. The lowest BCUT2D eigenvalue weighted by Crippen LogP contribution is -2.27. The smallest absolute Gasteiger partial charge is 0.412 e. The average molecular weight is 174 g/mol. The summed E-state index contributed by atoms with van der Waals surface area (Å²) in [5.74, 6) is 0. The molecule has 0 aromatic heterocycles. The molecule has 12 heavy (non-hydrogen) atoms. The lowest BCUT2D eigenvalue weighted by molar-refractivity contribution is 0.0739. The van der Waals surface area contributed by atoms with Crippen molar-refractivity contribution >= 4 is 7.69 Å². The molecule has 2 N–H and O–H groups in total. The Labute approximate surface area is 74.5 Å². The zero-order valence-electron chi connectivity index (χ0n) is 7.96. The molecule has 1 radical (unpaired) electrons. The fourth-order valence-corrected chi connectivity index (χ4v) is 0.457. The largest absolute Gasteiger partial charge is 0.506 e. The third kappa shape index (κ3) is 6.60. The molecule has 0 heterocycles. The number of rotatable bonds is 7. The Bertz CT molecular complexity index is 111. The molecule has 0 spiro atoms. The van der Waals surface area contributed by atoms with Crippen LogP contribution in [0.2, 0.25) is 0 Å². The molecule has 0 unspecified atom stereocenters. The van der Waals surface area contributed by atoms with Gasteiger partial charge in [-0.3, -0.25) is 0 Å². The van der Waals surface area contributed by atoms with Gasteiger partial charge in [0.2, 0.25) is 0 Å². The first-order valence-electron chi connectivity index (χ1n) is 4.05. The second-order valence-electron chi connectivity index (χ2n) is 3.35. The van der Waals surface area contributed by atoms with E-state index in [0.29, 0.717) is 6.61 Å². The monoisotopic (exact) mass is 174 g/mol. The highest BCUT2D eigenvalue weighted by Crippen LogP contribution is 2.12. The van der Waals surface area contributed by atoms with Gasteiger partial charge in [0.1, 0.15) is 0 Å². The van der Waals surface area contributed by atoms with Crippen molar-refractivity contribution in [3.63, 3.8) is 0 Å². The van der Waals surface area contributed by atoms with Crippen molar-refractivity contribution in [3.8, 4) is 0 Å². The Morgan fingerprint density at radius 2 is 2.17 bits per heavy atom. The number of hydrogen-bond acceptors (Lipinski definition) is 4. The third-order valence-corrected chi connectivity index (χ3v) is 1.25. The van der Waals surface area contributed by atoms with Crippen molar-refractivity contribution < 1.29 is 14.5 Å². The highest BCUT2D eigenvalue weighted by Gasteiger charge is 2.16. The summed E-state index contributed by atoms with van der Waals surface area (Å²) >= 11 is 0. The molecular formula is C7H17BNO3. The summed E-state index contributed by atoms with van der Waals surface area (Å²) in [5.41, 5.74) is 2.39. The van der Waals surface area contributed by atoms with E-state index in [-0.39, 0.29) is 12.0 Å². The Hall–Kier alpha value is -0.0951. The summed E-state index contributed by atoms with van der Waals surface area (Å²) in [6.45, 7) is 7.01. The molecule has 0 rings (SSSR count). The van der Waals surface area contributed by atoms with E-state index in [2.05, 4.69) is 5.48 Å². The van der Waals surface area contributed by atoms with Crippen LogP contribution in [0.25, 0.3) is 0 Å². The second-order valence-corrected chi connectivity index (χ2v) is 3.35. The maximum Gasteiger partial charge on any atom is 0.506 e. The van der Waals surface area contributed by atoms with Crippen LogP contribution >= 0.6 is 0 Å². The number of hydrogen-bond donors (Lipinski definition) is 2. The lowest BCUT2D eigenvalue weighted by Gasteiger charge is -2.20. The zero-order valence-corrected chi connectivity index (χ0v) is 7.96. The highest BCUT2D eigenvalue weighted by atomic mass is 16.7. The van der Waals surface area contributed by atoms with Crippen LogP contribution in [0, 0.1) is 5.41 Å². The van der Waals surface area contributed by atoms with E-state index in [4.69, 9.17) is 14.5 Å². The van der Waals surface area contributed by atoms with E-state index in [1.807, 2.05) is 20.8 Å². The Kier molecular flexibility index (Phi) is 6.37. The SMILES string of the molecule is CCNO[B]OCC(C)(C)CO. The molecular weight excluding hydrogens is 157 g/mol. The van der Waals surface area contributed by atoms with Crippen molar-refractivity contribution in [1.82, 2.24) is 5.48 Å². The Morgan fingerprint density at radius 1 is 1.50 bits per heavy atom. The second kappa shape index (κ2) is 6.42. The van der Waals surface area contributed by atoms with Crippen LogP contribution in [0.3, 0.4) is 0 Å².